The van der Waals surface area contributed by atoms with Crippen molar-refractivity contribution in [1.29, 1.82) is 0 Å². The maximum atomic E-state index is 11.8. The van der Waals surface area contributed by atoms with Crippen molar-refractivity contribution in [3.63, 3.8) is 0 Å². The Balaban J connectivity index is 1.63. The molecule has 0 atom stereocenters. The summed E-state index contributed by atoms with van der Waals surface area (Å²) in [7, 11) is -1.69. The van der Waals surface area contributed by atoms with Crippen molar-refractivity contribution in [3.05, 3.63) is 54.0 Å². The smallest absolute Gasteiger partial charge is 0.257 e. The Bertz CT molecular complexity index is 805. The number of carbonyl (C=O) groups is 1. The summed E-state index contributed by atoms with van der Waals surface area (Å²) in [4.78, 5) is 11.8. The number of ether oxygens (including phenoxy) is 1. The van der Waals surface area contributed by atoms with E-state index in [9.17, 15) is 13.2 Å². The fraction of sp³-hybridized carbons (Fsp3) is 0.389. The molecule has 0 saturated heterocycles. The number of hydrogen-bond acceptors (Lipinski definition) is 6. The molecule has 0 saturated carbocycles. The number of benzene rings is 1. The second-order valence-electron chi connectivity index (χ2n) is 5.93. The third kappa shape index (κ3) is 8.06. The number of furan rings is 1. The zero-order valence-electron chi connectivity index (χ0n) is 15.4. The van der Waals surface area contributed by atoms with Crippen molar-refractivity contribution in [3.8, 4) is 5.75 Å². The molecular formula is C18H24N2O5S2. The lowest BCUT2D eigenvalue weighted by Crippen LogP contribution is -2.30. The van der Waals surface area contributed by atoms with Crippen LogP contribution in [0.2, 0.25) is 0 Å². The summed E-state index contributed by atoms with van der Waals surface area (Å²) in [5, 5.41) is 2.80. The summed E-state index contributed by atoms with van der Waals surface area (Å²) < 4.78 is 34.8. The maximum Gasteiger partial charge on any atom is 0.257 e. The van der Waals surface area contributed by atoms with Gasteiger partial charge in [0, 0.05) is 25.9 Å². The Labute approximate surface area is 164 Å². The first-order chi connectivity index (χ1) is 12.8. The molecule has 2 rings (SSSR count). The van der Waals surface area contributed by atoms with Gasteiger partial charge in [0.15, 0.2) is 6.61 Å². The van der Waals surface area contributed by atoms with Gasteiger partial charge in [-0.1, -0.05) is 12.1 Å². The average Bonchev–Trinajstić information content (AvgIpc) is 3.13. The van der Waals surface area contributed by atoms with Gasteiger partial charge < -0.3 is 14.5 Å². The van der Waals surface area contributed by atoms with Crippen molar-refractivity contribution in [2.45, 2.75) is 12.3 Å². The van der Waals surface area contributed by atoms with Crippen LogP contribution in [0.1, 0.15) is 11.3 Å². The molecule has 2 aromatic rings. The minimum atomic E-state index is -3.22. The number of hydrogen-bond donors (Lipinski definition) is 1. The zero-order chi connectivity index (χ0) is 19.7. The molecule has 0 radical (unpaired) electrons. The number of carbonyl (C=O) groups excluding carboxylic acids is 1. The highest BCUT2D eigenvalue weighted by atomic mass is 32.2. The van der Waals surface area contributed by atoms with Crippen LogP contribution in [0.25, 0.3) is 0 Å². The number of sulfonamides is 1. The van der Waals surface area contributed by atoms with Crippen molar-refractivity contribution >= 4 is 27.7 Å². The van der Waals surface area contributed by atoms with E-state index in [1.54, 1.807) is 42.3 Å². The van der Waals surface area contributed by atoms with Gasteiger partial charge in [0.25, 0.3) is 5.91 Å². The van der Waals surface area contributed by atoms with Crippen LogP contribution < -0.4 is 10.1 Å². The third-order valence-corrected chi connectivity index (χ3v) is 5.90. The molecule has 1 heterocycles. The van der Waals surface area contributed by atoms with Crippen molar-refractivity contribution in [2.24, 2.45) is 0 Å². The highest BCUT2D eigenvalue weighted by Gasteiger charge is 2.11. The lowest BCUT2D eigenvalue weighted by Gasteiger charge is -2.14. The van der Waals surface area contributed by atoms with Crippen molar-refractivity contribution in [1.82, 2.24) is 9.62 Å². The predicted molar refractivity (Wildman–Crippen MR) is 106 cm³/mol. The van der Waals surface area contributed by atoms with E-state index in [2.05, 4.69) is 5.32 Å². The van der Waals surface area contributed by atoms with E-state index in [1.807, 2.05) is 12.1 Å². The summed E-state index contributed by atoms with van der Waals surface area (Å²) in [6, 6.07) is 10.8. The lowest BCUT2D eigenvalue weighted by molar-refractivity contribution is -0.122. The summed E-state index contributed by atoms with van der Waals surface area (Å²) in [5.74, 6) is 2.85. The Morgan fingerprint density at radius 1 is 1.26 bits per heavy atom. The van der Waals surface area contributed by atoms with Crippen LogP contribution in [-0.4, -0.2) is 50.8 Å². The van der Waals surface area contributed by atoms with Gasteiger partial charge in [-0.15, -0.1) is 0 Å². The molecule has 0 fully saturated rings. The molecule has 0 aliphatic rings. The highest BCUT2D eigenvalue weighted by Crippen LogP contribution is 2.14. The topological polar surface area (TPSA) is 88.8 Å². The molecule has 0 aliphatic heterocycles. The predicted octanol–water partition coefficient (Wildman–Crippen LogP) is 2.10. The van der Waals surface area contributed by atoms with Gasteiger partial charge in [-0.3, -0.25) is 4.79 Å². The number of thioether (sulfide) groups is 1. The standard InChI is InChI=1S/C18H24N2O5S2/c1-20(27(2,22)23)12-15-5-7-16(8-6-15)25-13-18(21)19-9-11-26-14-17-4-3-10-24-17/h3-8,10H,9,11-14H2,1-2H3,(H,19,21). The molecule has 27 heavy (non-hydrogen) atoms. The van der Waals surface area contributed by atoms with E-state index in [4.69, 9.17) is 9.15 Å². The van der Waals surface area contributed by atoms with Gasteiger partial charge in [0.2, 0.25) is 10.0 Å². The Hall–Kier alpha value is -1.97. The third-order valence-electron chi connectivity index (χ3n) is 3.66. The number of amides is 1. The molecule has 0 aliphatic carbocycles. The Morgan fingerprint density at radius 2 is 2.00 bits per heavy atom. The number of nitrogens with zero attached hydrogens (tertiary/aromatic N) is 1. The van der Waals surface area contributed by atoms with Gasteiger partial charge >= 0.3 is 0 Å². The van der Waals surface area contributed by atoms with Crippen molar-refractivity contribution in [2.75, 3.05) is 32.2 Å². The second kappa shape index (κ2) is 10.4. The van der Waals surface area contributed by atoms with Gasteiger partial charge in [0.1, 0.15) is 11.5 Å². The largest absolute Gasteiger partial charge is 0.484 e. The normalized spacial score (nSPS) is 11.5. The minimum absolute atomic E-state index is 0.0640. The van der Waals surface area contributed by atoms with Gasteiger partial charge in [-0.25, -0.2) is 12.7 Å². The van der Waals surface area contributed by atoms with Crippen LogP contribution in [0.3, 0.4) is 0 Å². The molecule has 1 aromatic carbocycles. The zero-order valence-corrected chi connectivity index (χ0v) is 17.0. The number of rotatable bonds is 11. The summed E-state index contributed by atoms with van der Waals surface area (Å²) in [6.45, 7) is 0.783. The SMILES string of the molecule is CN(Cc1ccc(OCC(=O)NCCSCc2ccco2)cc1)S(C)(=O)=O. The monoisotopic (exact) mass is 412 g/mol. The fourth-order valence-electron chi connectivity index (χ4n) is 2.10. The van der Waals surface area contributed by atoms with Crippen LogP contribution in [0.15, 0.2) is 47.1 Å². The van der Waals surface area contributed by atoms with Crippen LogP contribution >= 0.6 is 11.8 Å². The molecular weight excluding hydrogens is 388 g/mol. The van der Waals surface area contributed by atoms with Crippen LogP contribution in [-0.2, 0) is 27.1 Å². The second-order valence-corrected chi connectivity index (χ2v) is 9.13. The van der Waals surface area contributed by atoms with Crippen LogP contribution in [0.4, 0.5) is 0 Å². The summed E-state index contributed by atoms with van der Waals surface area (Å²) in [5.41, 5.74) is 0.841. The molecule has 1 N–H and O–H groups in total. The maximum absolute atomic E-state index is 11.8. The Kier molecular flexibility index (Phi) is 8.21. The first kappa shape index (κ1) is 21.3. The molecule has 0 bridgehead atoms. The molecule has 1 amide bonds. The minimum Gasteiger partial charge on any atom is -0.484 e. The molecule has 0 spiro atoms. The van der Waals surface area contributed by atoms with E-state index >= 15 is 0 Å². The van der Waals surface area contributed by atoms with E-state index in [0.717, 1.165) is 22.8 Å². The van der Waals surface area contributed by atoms with E-state index in [-0.39, 0.29) is 19.1 Å². The molecule has 1 aromatic heterocycles. The number of nitrogens with one attached hydrogen (secondary N) is 1. The Morgan fingerprint density at radius 3 is 2.63 bits per heavy atom. The van der Waals surface area contributed by atoms with Crippen molar-refractivity contribution < 1.29 is 22.4 Å². The molecule has 148 valence electrons. The van der Waals surface area contributed by atoms with E-state index < -0.39 is 10.0 Å². The fourth-order valence-corrected chi connectivity index (χ4v) is 3.24. The highest BCUT2D eigenvalue weighted by molar-refractivity contribution is 7.98. The van der Waals surface area contributed by atoms with Gasteiger partial charge in [-0.2, -0.15) is 11.8 Å². The van der Waals surface area contributed by atoms with Crippen LogP contribution in [0, 0.1) is 0 Å². The molecule has 9 heteroatoms. The molecule has 7 nitrogen and oxygen atoms in total. The average molecular weight is 413 g/mol. The van der Waals surface area contributed by atoms with E-state index in [0.29, 0.717) is 12.3 Å². The molecule has 0 unspecified atom stereocenters. The van der Waals surface area contributed by atoms with Crippen LogP contribution in [0.5, 0.6) is 5.75 Å². The lowest BCUT2D eigenvalue weighted by atomic mass is 10.2. The quantitative estimate of drug-likeness (QED) is 0.569. The van der Waals surface area contributed by atoms with Gasteiger partial charge in [0.05, 0.1) is 18.3 Å². The first-order valence-corrected chi connectivity index (χ1v) is 11.3. The van der Waals surface area contributed by atoms with E-state index in [1.165, 1.54) is 17.6 Å². The summed E-state index contributed by atoms with van der Waals surface area (Å²) in [6.07, 6.45) is 2.81. The summed E-state index contributed by atoms with van der Waals surface area (Å²) >= 11 is 1.68. The first-order valence-electron chi connectivity index (χ1n) is 8.34. The van der Waals surface area contributed by atoms with Gasteiger partial charge in [-0.05, 0) is 29.8 Å².